The number of esters is 1. The van der Waals surface area contributed by atoms with Gasteiger partial charge in [-0.1, -0.05) is 12.1 Å². The molecule has 0 amide bonds. The number of methoxy groups -OCH3 is 3. The number of carbonyl (C=O) groups is 1. The van der Waals surface area contributed by atoms with Gasteiger partial charge in [0, 0.05) is 6.42 Å². The number of aliphatic hydroxyl groups excluding tert-OH is 4. The maximum atomic E-state index is 12.6. The molecular formula is C27H34O11. The van der Waals surface area contributed by atoms with Gasteiger partial charge in [0.25, 0.3) is 0 Å². The van der Waals surface area contributed by atoms with Crippen molar-refractivity contribution in [1.82, 2.24) is 0 Å². The minimum absolute atomic E-state index is 0.232. The first-order chi connectivity index (χ1) is 18.3. The maximum Gasteiger partial charge on any atom is 0.309 e. The molecule has 0 aliphatic carbocycles. The zero-order valence-electron chi connectivity index (χ0n) is 21.5. The number of cyclic esters (lactones) is 1. The summed E-state index contributed by atoms with van der Waals surface area (Å²) in [6.45, 7) is -0.562. The van der Waals surface area contributed by atoms with E-state index in [1.54, 1.807) is 32.4 Å². The van der Waals surface area contributed by atoms with Gasteiger partial charge in [0.2, 0.25) is 6.29 Å². The van der Waals surface area contributed by atoms with Gasteiger partial charge in [-0.3, -0.25) is 4.79 Å². The van der Waals surface area contributed by atoms with E-state index in [1.807, 2.05) is 18.2 Å². The van der Waals surface area contributed by atoms with E-state index in [-0.39, 0.29) is 23.7 Å². The third-order valence-electron chi connectivity index (χ3n) is 6.88. The minimum Gasteiger partial charge on any atom is -0.493 e. The molecule has 2 fully saturated rings. The van der Waals surface area contributed by atoms with Crippen molar-refractivity contribution >= 4 is 5.97 Å². The summed E-state index contributed by atoms with van der Waals surface area (Å²) in [6, 6.07) is 10.7. The lowest BCUT2D eigenvalue weighted by molar-refractivity contribution is -0.277. The van der Waals surface area contributed by atoms with E-state index < -0.39 is 37.3 Å². The Bertz CT molecular complexity index is 1100. The highest BCUT2D eigenvalue weighted by molar-refractivity contribution is 5.75. The summed E-state index contributed by atoms with van der Waals surface area (Å²) in [5.41, 5.74) is 1.79. The van der Waals surface area contributed by atoms with Gasteiger partial charge in [-0.25, -0.2) is 0 Å². The first-order valence-electron chi connectivity index (χ1n) is 12.3. The van der Waals surface area contributed by atoms with Gasteiger partial charge in [0.05, 0.1) is 33.9 Å². The second-order valence-electron chi connectivity index (χ2n) is 9.39. The van der Waals surface area contributed by atoms with Crippen molar-refractivity contribution < 1.29 is 53.6 Å². The van der Waals surface area contributed by atoms with Crippen molar-refractivity contribution in [2.45, 2.75) is 56.1 Å². The van der Waals surface area contributed by atoms with Crippen molar-refractivity contribution in [2.75, 3.05) is 27.9 Å². The Morgan fingerprint density at radius 2 is 1.42 bits per heavy atom. The minimum atomic E-state index is -1.56. The Hall–Kier alpha value is -3.09. The number of rotatable bonds is 10. The quantitative estimate of drug-likeness (QED) is 0.317. The smallest absolute Gasteiger partial charge is 0.309 e. The molecule has 4 rings (SSSR count). The topological polar surface area (TPSA) is 153 Å². The maximum absolute atomic E-state index is 12.6. The number of ether oxygens (including phenoxy) is 6. The molecule has 0 spiro atoms. The summed E-state index contributed by atoms with van der Waals surface area (Å²) in [5, 5.41) is 39.6. The molecule has 38 heavy (non-hydrogen) atoms. The first-order valence-corrected chi connectivity index (χ1v) is 12.3. The highest BCUT2D eigenvalue weighted by atomic mass is 16.7. The summed E-state index contributed by atoms with van der Waals surface area (Å²) < 4.78 is 32.8. The summed E-state index contributed by atoms with van der Waals surface area (Å²) >= 11 is 0. The Morgan fingerprint density at radius 1 is 0.816 bits per heavy atom. The lowest BCUT2D eigenvalue weighted by Crippen LogP contribution is -2.60. The lowest BCUT2D eigenvalue weighted by atomic mass is 9.94. The Morgan fingerprint density at radius 3 is 2.05 bits per heavy atom. The van der Waals surface area contributed by atoms with Crippen molar-refractivity contribution in [3.05, 3.63) is 47.5 Å². The summed E-state index contributed by atoms with van der Waals surface area (Å²) in [7, 11) is 4.59. The second kappa shape index (κ2) is 12.2. The second-order valence-corrected chi connectivity index (χ2v) is 9.39. The summed E-state index contributed by atoms with van der Waals surface area (Å²) in [5.74, 6) is 1.26. The van der Waals surface area contributed by atoms with Gasteiger partial charge in [-0.2, -0.15) is 0 Å². The van der Waals surface area contributed by atoms with Gasteiger partial charge < -0.3 is 48.8 Å². The van der Waals surface area contributed by atoms with Crippen LogP contribution in [0.1, 0.15) is 17.5 Å². The zero-order valence-corrected chi connectivity index (χ0v) is 21.5. The molecule has 2 aromatic rings. The van der Waals surface area contributed by atoms with Crippen LogP contribution in [0.15, 0.2) is 36.4 Å². The van der Waals surface area contributed by atoms with E-state index in [0.29, 0.717) is 36.5 Å². The van der Waals surface area contributed by atoms with Crippen LogP contribution in [-0.2, 0) is 27.1 Å². The van der Waals surface area contributed by atoms with Crippen LogP contribution in [0.25, 0.3) is 0 Å². The zero-order chi connectivity index (χ0) is 27.4. The van der Waals surface area contributed by atoms with Gasteiger partial charge in [-0.15, -0.1) is 0 Å². The van der Waals surface area contributed by atoms with Crippen LogP contribution >= 0.6 is 0 Å². The predicted octanol–water partition coefficient (Wildman–Crippen LogP) is 0.608. The van der Waals surface area contributed by atoms with Crippen molar-refractivity contribution in [3.8, 4) is 23.0 Å². The van der Waals surface area contributed by atoms with Crippen molar-refractivity contribution in [1.29, 1.82) is 0 Å². The summed E-state index contributed by atoms with van der Waals surface area (Å²) in [6.07, 6.45) is -5.78. The van der Waals surface area contributed by atoms with Crippen molar-refractivity contribution in [3.63, 3.8) is 0 Å². The molecular weight excluding hydrogens is 500 g/mol. The Labute approximate surface area is 220 Å². The molecule has 4 N–H and O–H groups in total. The third-order valence-corrected chi connectivity index (χ3v) is 6.88. The highest BCUT2D eigenvalue weighted by Gasteiger charge is 2.45. The fourth-order valence-electron chi connectivity index (χ4n) is 4.80. The lowest BCUT2D eigenvalue weighted by Gasteiger charge is -2.39. The van der Waals surface area contributed by atoms with E-state index in [9.17, 15) is 25.2 Å². The molecule has 2 saturated heterocycles. The van der Waals surface area contributed by atoms with Crippen LogP contribution in [0, 0.1) is 5.92 Å². The van der Waals surface area contributed by atoms with E-state index >= 15 is 0 Å². The molecule has 7 unspecified atom stereocenters. The molecule has 0 bridgehead atoms. The molecule has 2 heterocycles. The van der Waals surface area contributed by atoms with E-state index in [1.165, 1.54) is 7.11 Å². The molecule has 11 nitrogen and oxygen atoms in total. The van der Waals surface area contributed by atoms with Crippen LogP contribution in [0.5, 0.6) is 23.0 Å². The largest absolute Gasteiger partial charge is 0.493 e. The van der Waals surface area contributed by atoms with Crippen LogP contribution in [0.4, 0.5) is 0 Å². The molecule has 2 aliphatic heterocycles. The highest BCUT2D eigenvalue weighted by Crippen LogP contribution is 2.35. The van der Waals surface area contributed by atoms with Crippen LogP contribution in [0.2, 0.25) is 0 Å². The SMILES string of the molecule is COc1ccc(CC2CC(Cc3ccc(OC4OC(CO)C(O)C(O)C4O)c(OC)c3)OC2=O)cc1OC. The van der Waals surface area contributed by atoms with E-state index in [0.717, 1.165) is 11.1 Å². The monoisotopic (exact) mass is 534 g/mol. The molecule has 2 aromatic carbocycles. The van der Waals surface area contributed by atoms with Crippen LogP contribution in [0.3, 0.4) is 0 Å². The molecule has 0 radical (unpaired) electrons. The molecule has 2 aliphatic rings. The van der Waals surface area contributed by atoms with E-state index in [2.05, 4.69) is 0 Å². The standard InChI is InChI=1S/C27H34O11/c1-33-18-6-4-14(10-20(18)34-2)8-16-12-17(36-26(16)32)9-15-5-7-19(21(11-15)35-3)37-27-25(31)24(30)23(29)22(13-28)38-27/h4-7,10-11,16-17,22-25,27-31H,8-9,12-13H2,1-3H3. The molecule has 7 atom stereocenters. The fraction of sp³-hybridized carbons (Fsp3) is 0.519. The molecule has 208 valence electrons. The summed E-state index contributed by atoms with van der Waals surface area (Å²) in [4.78, 5) is 12.6. The van der Waals surface area contributed by atoms with Gasteiger partial charge in [-0.05, 0) is 48.2 Å². The number of carbonyl (C=O) groups excluding carboxylic acids is 1. The molecule has 0 saturated carbocycles. The first kappa shape index (κ1) is 27.9. The Kier molecular flexibility index (Phi) is 8.95. The van der Waals surface area contributed by atoms with Gasteiger partial charge in [0.15, 0.2) is 23.0 Å². The van der Waals surface area contributed by atoms with Crippen LogP contribution in [-0.4, -0.2) is 91.1 Å². The average molecular weight is 535 g/mol. The third kappa shape index (κ3) is 5.97. The van der Waals surface area contributed by atoms with Gasteiger partial charge in [0.1, 0.15) is 30.5 Å². The van der Waals surface area contributed by atoms with Crippen molar-refractivity contribution in [2.24, 2.45) is 5.92 Å². The molecule has 0 aromatic heterocycles. The predicted molar refractivity (Wildman–Crippen MR) is 132 cm³/mol. The van der Waals surface area contributed by atoms with E-state index in [4.69, 9.17) is 28.4 Å². The number of hydrogen-bond donors (Lipinski definition) is 4. The normalized spacial score (nSPS) is 29.0. The van der Waals surface area contributed by atoms with Crippen LogP contribution < -0.4 is 18.9 Å². The number of aliphatic hydroxyl groups is 4. The number of benzene rings is 2. The number of hydrogen-bond acceptors (Lipinski definition) is 11. The Balaban J connectivity index is 1.39. The van der Waals surface area contributed by atoms with Gasteiger partial charge >= 0.3 is 5.97 Å². The average Bonchev–Trinajstić information content (AvgIpc) is 3.27. The fourth-order valence-corrected chi connectivity index (χ4v) is 4.80. The molecule has 11 heteroatoms.